The maximum atomic E-state index is 12.6. The molecule has 0 aromatic carbocycles. The highest BCUT2D eigenvalue weighted by atomic mass is 16.5. The van der Waals surface area contributed by atoms with Gasteiger partial charge in [0.05, 0.1) is 6.61 Å². The van der Waals surface area contributed by atoms with Crippen LogP contribution in [0.3, 0.4) is 0 Å². The predicted octanol–water partition coefficient (Wildman–Crippen LogP) is 2.83. The van der Waals surface area contributed by atoms with Crippen molar-refractivity contribution in [2.45, 2.75) is 51.5 Å². The van der Waals surface area contributed by atoms with Crippen LogP contribution in [0, 0.1) is 0 Å². The maximum Gasteiger partial charge on any atom is 0.319 e. The van der Waals surface area contributed by atoms with Crippen molar-refractivity contribution in [1.29, 1.82) is 0 Å². The third-order valence-electron chi connectivity index (χ3n) is 4.37. The standard InChI is InChI=1S/C16H21N3O2/c1-3-19-13-12(8-7-11-17-13)18-14(19)16(9-5-6-10-16)15(20)21-4-2/h7-8,11H,3-6,9-10H2,1-2H3. The average molecular weight is 287 g/mol. The Kier molecular flexibility index (Phi) is 3.66. The molecule has 0 amide bonds. The van der Waals surface area contributed by atoms with Crippen molar-refractivity contribution >= 4 is 17.1 Å². The van der Waals surface area contributed by atoms with E-state index in [0.717, 1.165) is 49.2 Å². The Morgan fingerprint density at radius 2 is 2.14 bits per heavy atom. The Hall–Kier alpha value is -1.91. The molecule has 5 heteroatoms. The van der Waals surface area contributed by atoms with Crippen molar-refractivity contribution in [2.24, 2.45) is 0 Å². The number of hydrogen-bond donors (Lipinski definition) is 0. The zero-order valence-corrected chi connectivity index (χ0v) is 12.6. The molecule has 0 radical (unpaired) electrons. The van der Waals surface area contributed by atoms with Gasteiger partial charge < -0.3 is 9.30 Å². The summed E-state index contributed by atoms with van der Waals surface area (Å²) < 4.78 is 7.43. The molecule has 2 heterocycles. The first-order valence-corrected chi connectivity index (χ1v) is 7.72. The highest BCUT2D eigenvalue weighted by molar-refractivity contribution is 5.84. The van der Waals surface area contributed by atoms with Crippen LogP contribution in [-0.4, -0.2) is 27.1 Å². The van der Waals surface area contributed by atoms with Crippen molar-refractivity contribution in [2.75, 3.05) is 6.61 Å². The van der Waals surface area contributed by atoms with E-state index < -0.39 is 5.41 Å². The monoisotopic (exact) mass is 287 g/mol. The quantitative estimate of drug-likeness (QED) is 0.811. The van der Waals surface area contributed by atoms with Crippen molar-refractivity contribution in [3.8, 4) is 0 Å². The first-order valence-electron chi connectivity index (χ1n) is 7.72. The lowest BCUT2D eigenvalue weighted by Crippen LogP contribution is -2.37. The summed E-state index contributed by atoms with van der Waals surface area (Å²) in [6.07, 6.45) is 5.48. The van der Waals surface area contributed by atoms with Crippen molar-refractivity contribution in [3.05, 3.63) is 24.2 Å². The molecule has 1 fully saturated rings. The maximum absolute atomic E-state index is 12.6. The molecule has 0 aliphatic heterocycles. The summed E-state index contributed by atoms with van der Waals surface area (Å²) in [5.74, 6) is 0.696. The van der Waals surface area contributed by atoms with Crippen LogP contribution in [0.1, 0.15) is 45.4 Å². The van der Waals surface area contributed by atoms with E-state index in [9.17, 15) is 4.79 Å². The molecular weight excluding hydrogens is 266 g/mol. The van der Waals surface area contributed by atoms with E-state index in [2.05, 4.69) is 16.5 Å². The zero-order valence-electron chi connectivity index (χ0n) is 12.6. The molecule has 0 spiro atoms. The highest BCUT2D eigenvalue weighted by Gasteiger charge is 2.47. The summed E-state index contributed by atoms with van der Waals surface area (Å²) >= 11 is 0. The van der Waals surface area contributed by atoms with Gasteiger partial charge in [-0.25, -0.2) is 9.97 Å². The van der Waals surface area contributed by atoms with E-state index in [4.69, 9.17) is 9.72 Å². The Morgan fingerprint density at radius 3 is 2.81 bits per heavy atom. The Labute approximate surface area is 124 Å². The van der Waals surface area contributed by atoms with E-state index in [1.807, 2.05) is 19.1 Å². The molecule has 112 valence electrons. The molecule has 1 aliphatic rings. The van der Waals surface area contributed by atoms with Crippen LogP contribution in [0.5, 0.6) is 0 Å². The second-order valence-electron chi connectivity index (χ2n) is 5.54. The third kappa shape index (κ3) is 2.11. The van der Waals surface area contributed by atoms with Gasteiger partial charge in [0.25, 0.3) is 0 Å². The van der Waals surface area contributed by atoms with Crippen LogP contribution in [-0.2, 0) is 21.5 Å². The van der Waals surface area contributed by atoms with E-state index >= 15 is 0 Å². The number of carbonyl (C=O) groups is 1. The van der Waals surface area contributed by atoms with Gasteiger partial charge in [0.1, 0.15) is 16.8 Å². The van der Waals surface area contributed by atoms with Gasteiger partial charge in [-0.05, 0) is 38.8 Å². The number of aryl methyl sites for hydroxylation is 1. The number of fused-ring (bicyclic) bond motifs is 1. The number of carbonyl (C=O) groups excluding carboxylic acids is 1. The lowest BCUT2D eigenvalue weighted by atomic mass is 9.85. The fourth-order valence-electron chi connectivity index (χ4n) is 3.39. The Morgan fingerprint density at radius 1 is 1.38 bits per heavy atom. The Balaban J connectivity index is 2.18. The molecule has 21 heavy (non-hydrogen) atoms. The number of rotatable bonds is 4. The zero-order chi connectivity index (χ0) is 14.9. The molecule has 1 saturated carbocycles. The minimum absolute atomic E-state index is 0.132. The van der Waals surface area contributed by atoms with E-state index in [1.54, 1.807) is 6.20 Å². The number of hydrogen-bond acceptors (Lipinski definition) is 4. The first-order chi connectivity index (χ1) is 10.2. The van der Waals surface area contributed by atoms with Crippen LogP contribution >= 0.6 is 0 Å². The predicted molar refractivity (Wildman–Crippen MR) is 80.0 cm³/mol. The third-order valence-corrected chi connectivity index (χ3v) is 4.37. The summed E-state index contributed by atoms with van der Waals surface area (Å²) in [4.78, 5) is 21.8. The molecule has 0 unspecified atom stereocenters. The number of ether oxygens (including phenoxy) is 1. The van der Waals surface area contributed by atoms with Crippen LogP contribution < -0.4 is 0 Å². The fraction of sp³-hybridized carbons (Fsp3) is 0.562. The molecule has 0 bridgehead atoms. The van der Waals surface area contributed by atoms with E-state index in [1.165, 1.54) is 0 Å². The summed E-state index contributed by atoms with van der Waals surface area (Å²) in [6, 6.07) is 3.83. The SMILES string of the molecule is CCOC(=O)C1(c2nc3cccnc3n2CC)CCCC1. The van der Waals surface area contributed by atoms with Crippen molar-refractivity contribution in [3.63, 3.8) is 0 Å². The summed E-state index contributed by atoms with van der Waals surface area (Å²) in [5, 5.41) is 0. The molecule has 5 nitrogen and oxygen atoms in total. The van der Waals surface area contributed by atoms with Gasteiger partial charge in [-0.15, -0.1) is 0 Å². The van der Waals surface area contributed by atoms with Gasteiger partial charge in [0, 0.05) is 12.7 Å². The minimum atomic E-state index is -0.591. The molecule has 0 saturated heterocycles. The minimum Gasteiger partial charge on any atom is -0.465 e. The molecular formula is C16H21N3O2. The number of nitrogens with zero attached hydrogens (tertiary/aromatic N) is 3. The second-order valence-corrected chi connectivity index (χ2v) is 5.54. The van der Waals surface area contributed by atoms with Gasteiger partial charge >= 0.3 is 5.97 Å². The first kappa shape index (κ1) is 14.0. The highest BCUT2D eigenvalue weighted by Crippen LogP contribution is 2.42. The lowest BCUT2D eigenvalue weighted by molar-refractivity contribution is -0.150. The number of esters is 1. The largest absolute Gasteiger partial charge is 0.465 e. The molecule has 0 atom stereocenters. The van der Waals surface area contributed by atoms with E-state index in [-0.39, 0.29) is 5.97 Å². The number of imidazole rings is 1. The molecule has 1 aliphatic carbocycles. The molecule has 2 aromatic rings. The average Bonchev–Trinajstić information content (AvgIpc) is 3.12. The van der Waals surface area contributed by atoms with Crippen LogP contribution in [0.2, 0.25) is 0 Å². The second kappa shape index (κ2) is 5.47. The van der Waals surface area contributed by atoms with Crippen molar-refractivity contribution < 1.29 is 9.53 Å². The van der Waals surface area contributed by atoms with Crippen LogP contribution in [0.25, 0.3) is 11.2 Å². The van der Waals surface area contributed by atoms with Crippen molar-refractivity contribution in [1.82, 2.24) is 14.5 Å². The topological polar surface area (TPSA) is 57.0 Å². The van der Waals surface area contributed by atoms with E-state index in [0.29, 0.717) is 6.61 Å². The van der Waals surface area contributed by atoms with Gasteiger partial charge in [-0.3, -0.25) is 4.79 Å². The normalized spacial score (nSPS) is 17.2. The van der Waals surface area contributed by atoms with Gasteiger partial charge in [0.15, 0.2) is 5.65 Å². The van der Waals surface area contributed by atoms with Gasteiger partial charge in [-0.2, -0.15) is 0 Å². The smallest absolute Gasteiger partial charge is 0.319 e. The Bertz CT molecular complexity index is 657. The summed E-state index contributed by atoms with van der Waals surface area (Å²) in [6.45, 7) is 5.08. The number of aromatic nitrogens is 3. The van der Waals surface area contributed by atoms with Crippen LogP contribution in [0.15, 0.2) is 18.3 Å². The van der Waals surface area contributed by atoms with Gasteiger partial charge in [-0.1, -0.05) is 12.8 Å². The van der Waals surface area contributed by atoms with Crippen LogP contribution in [0.4, 0.5) is 0 Å². The summed E-state index contributed by atoms with van der Waals surface area (Å²) in [7, 11) is 0. The van der Waals surface area contributed by atoms with Gasteiger partial charge in [0.2, 0.25) is 0 Å². The molecule has 2 aromatic heterocycles. The molecule has 3 rings (SSSR count). The summed E-state index contributed by atoms with van der Waals surface area (Å²) in [5.41, 5.74) is 1.11. The number of pyridine rings is 1. The molecule has 0 N–H and O–H groups in total. The lowest BCUT2D eigenvalue weighted by Gasteiger charge is -2.26. The fourth-order valence-corrected chi connectivity index (χ4v) is 3.39.